The Hall–Kier alpha value is -2.06. The normalized spacial score (nSPS) is 13.0. The second-order valence-corrected chi connectivity index (χ2v) is 8.65. The number of rotatable bonds is 8. The summed E-state index contributed by atoms with van der Waals surface area (Å²) in [5.74, 6) is 0.607. The van der Waals surface area contributed by atoms with Crippen molar-refractivity contribution in [2.45, 2.75) is 46.4 Å². The molecular weight excluding hydrogens is 386 g/mol. The van der Waals surface area contributed by atoms with Crippen LogP contribution in [-0.2, 0) is 11.3 Å². The molecule has 0 radical (unpaired) electrons. The Labute approximate surface area is 175 Å². The van der Waals surface area contributed by atoms with E-state index in [2.05, 4.69) is 55.8 Å². The van der Waals surface area contributed by atoms with Gasteiger partial charge in [0.2, 0.25) is 0 Å². The van der Waals surface area contributed by atoms with Gasteiger partial charge in [0.05, 0.1) is 24.6 Å². The average molecular weight is 416 g/mol. The van der Waals surface area contributed by atoms with Gasteiger partial charge in [-0.3, -0.25) is 9.69 Å². The molecule has 0 aliphatic rings. The molecule has 1 atom stereocenters. The molecule has 1 aromatic carbocycles. The van der Waals surface area contributed by atoms with Crippen LogP contribution in [-0.4, -0.2) is 52.4 Å². The molecule has 2 aromatic heterocycles. The van der Waals surface area contributed by atoms with Gasteiger partial charge in [0.25, 0.3) is 5.56 Å². The first-order valence-electron chi connectivity index (χ1n) is 9.79. The third-order valence-electron chi connectivity index (χ3n) is 5.06. The number of hydrogen-bond acceptors (Lipinski definition) is 6. The highest BCUT2D eigenvalue weighted by Gasteiger charge is 2.19. The number of methoxy groups -OCH3 is 1. The molecule has 156 valence electrons. The van der Waals surface area contributed by atoms with Gasteiger partial charge in [-0.2, -0.15) is 0 Å². The van der Waals surface area contributed by atoms with E-state index in [0.29, 0.717) is 24.3 Å². The van der Waals surface area contributed by atoms with Crippen molar-refractivity contribution in [1.82, 2.24) is 14.9 Å². The van der Waals surface area contributed by atoms with Crippen LogP contribution in [0, 0.1) is 13.8 Å². The van der Waals surface area contributed by atoms with Gasteiger partial charge in [0, 0.05) is 30.6 Å². The molecule has 7 heteroatoms. The second kappa shape index (κ2) is 9.17. The van der Waals surface area contributed by atoms with Gasteiger partial charge in [-0.05, 0) is 38.8 Å². The molecular formula is C22H29N3O3S. The number of H-pyrrole nitrogens is 1. The number of aliphatic hydroxyl groups excluding tert-OH is 1. The van der Waals surface area contributed by atoms with Gasteiger partial charge in [-0.15, -0.1) is 11.3 Å². The monoisotopic (exact) mass is 415 g/mol. The predicted molar refractivity (Wildman–Crippen MR) is 119 cm³/mol. The molecule has 6 nitrogen and oxygen atoms in total. The maximum atomic E-state index is 13.0. The molecule has 2 N–H and O–H groups in total. The molecule has 0 saturated heterocycles. The molecule has 3 rings (SSSR count). The number of aromatic nitrogens is 2. The van der Waals surface area contributed by atoms with E-state index in [-0.39, 0.29) is 18.2 Å². The smallest absolute Gasteiger partial charge is 0.260 e. The number of nitrogens with one attached hydrogen (secondary N) is 1. The van der Waals surface area contributed by atoms with Gasteiger partial charge in [-0.25, -0.2) is 4.98 Å². The lowest BCUT2D eigenvalue weighted by Gasteiger charge is -2.27. The topological polar surface area (TPSA) is 78.5 Å². The Kier molecular flexibility index (Phi) is 6.85. The summed E-state index contributed by atoms with van der Waals surface area (Å²) in [6.45, 7) is 9.40. The largest absolute Gasteiger partial charge is 0.389 e. The fraction of sp³-hybridized carbons (Fsp3) is 0.455. The van der Waals surface area contributed by atoms with E-state index >= 15 is 0 Å². The van der Waals surface area contributed by atoms with Crippen LogP contribution in [0.25, 0.3) is 21.3 Å². The molecule has 0 fully saturated rings. The zero-order chi connectivity index (χ0) is 21.1. The number of fused-ring (bicyclic) bond motifs is 1. The number of ether oxygens (including phenoxy) is 1. The Morgan fingerprint density at radius 1 is 1.28 bits per heavy atom. The van der Waals surface area contributed by atoms with Crippen LogP contribution in [0.1, 0.15) is 30.8 Å². The summed E-state index contributed by atoms with van der Waals surface area (Å²) in [4.78, 5) is 23.4. The minimum absolute atomic E-state index is 0.122. The van der Waals surface area contributed by atoms with Crippen molar-refractivity contribution in [3.05, 3.63) is 50.9 Å². The lowest BCUT2D eigenvalue weighted by molar-refractivity contribution is 0.0272. The van der Waals surface area contributed by atoms with Gasteiger partial charge >= 0.3 is 0 Å². The summed E-state index contributed by atoms with van der Waals surface area (Å²) in [6.07, 6.45) is -0.588. The SMILES string of the molecule is COCC(O)CN(Cc1nc2scc(-c3cc(C)ccc3C)c2c(=O)[nH]1)C(C)C. The highest BCUT2D eigenvalue weighted by Crippen LogP contribution is 2.33. The van der Waals surface area contributed by atoms with Crippen molar-refractivity contribution in [3.63, 3.8) is 0 Å². The predicted octanol–water partition coefficient (Wildman–Crippen LogP) is 3.49. The van der Waals surface area contributed by atoms with Gasteiger partial charge in [0.1, 0.15) is 10.7 Å². The maximum absolute atomic E-state index is 13.0. The fourth-order valence-electron chi connectivity index (χ4n) is 3.46. The van der Waals surface area contributed by atoms with Crippen LogP contribution in [0.15, 0.2) is 28.4 Å². The Morgan fingerprint density at radius 3 is 2.72 bits per heavy atom. The van der Waals surface area contributed by atoms with Gasteiger partial charge in [-0.1, -0.05) is 23.8 Å². The Morgan fingerprint density at radius 2 is 2.03 bits per heavy atom. The van der Waals surface area contributed by atoms with Gasteiger partial charge in [0.15, 0.2) is 0 Å². The second-order valence-electron chi connectivity index (χ2n) is 7.79. The van der Waals surface area contributed by atoms with E-state index in [1.54, 1.807) is 7.11 Å². The minimum Gasteiger partial charge on any atom is -0.389 e. The molecule has 3 aromatic rings. The Bertz CT molecular complexity index is 1040. The molecule has 0 aliphatic carbocycles. The number of benzene rings is 1. The number of thiophene rings is 1. The highest BCUT2D eigenvalue weighted by atomic mass is 32.1. The standard InChI is InChI=1S/C22H29N3O3S/c1-13(2)25(9-16(26)11-28-5)10-19-23-21(27)20-18(12-29-22(20)24-19)17-8-14(3)6-7-15(17)4/h6-8,12-13,16,26H,9-11H2,1-5H3,(H,23,24,27). The highest BCUT2D eigenvalue weighted by molar-refractivity contribution is 7.17. The van der Waals surface area contributed by atoms with Crippen molar-refractivity contribution < 1.29 is 9.84 Å². The van der Waals surface area contributed by atoms with E-state index < -0.39 is 6.10 Å². The first-order chi connectivity index (χ1) is 13.8. The summed E-state index contributed by atoms with van der Waals surface area (Å²) in [7, 11) is 1.57. The fourth-order valence-corrected chi connectivity index (χ4v) is 4.42. The van der Waals surface area contributed by atoms with E-state index in [1.165, 1.54) is 11.3 Å². The number of hydrogen-bond donors (Lipinski definition) is 2. The summed E-state index contributed by atoms with van der Waals surface area (Å²) in [5, 5.41) is 12.8. The third kappa shape index (κ3) is 4.93. The van der Waals surface area contributed by atoms with Crippen LogP contribution in [0.3, 0.4) is 0 Å². The molecule has 0 saturated carbocycles. The number of aliphatic hydroxyl groups is 1. The number of aryl methyl sites for hydroxylation is 2. The van der Waals surface area contributed by atoms with E-state index in [9.17, 15) is 9.90 Å². The molecule has 0 aliphatic heterocycles. The quantitative estimate of drug-likeness (QED) is 0.589. The van der Waals surface area contributed by atoms with Crippen molar-refractivity contribution >= 4 is 21.6 Å². The number of nitrogens with zero attached hydrogens (tertiary/aromatic N) is 2. The maximum Gasteiger partial charge on any atom is 0.260 e. The summed E-state index contributed by atoms with van der Waals surface area (Å²) in [6, 6.07) is 6.46. The van der Waals surface area contributed by atoms with E-state index in [0.717, 1.165) is 27.1 Å². The zero-order valence-electron chi connectivity index (χ0n) is 17.7. The molecule has 1 unspecified atom stereocenters. The molecule has 2 heterocycles. The minimum atomic E-state index is -0.588. The van der Waals surface area contributed by atoms with E-state index in [4.69, 9.17) is 9.72 Å². The summed E-state index contributed by atoms with van der Waals surface area (Å²) in [5.41, 5.74) is 4.18. The van der Waals surface area contributed by atoms with Crippen LogP contribution < -0.4 is 5.56 Å². The average Bonchev–Trinajstić information content (AvgIpc) is 3.07. The van der Waals surface area contributed by atoms with Crippen molar-refractivity contribution in [2.24, 2.45) is 0 Å². The van der Waals surface area contributed by atoms with Crippen molar-refractivity contribution in [1.29, 1.82) is 0 Å². The van der Waals surface area contributed by atoms with E-state index in [1.807, 2.05) is 5.38 Å². The van der Waals surface area contributed by atoms with Crippen LogP contribution in [0.5, 0.6) is 0 Å². The zero-order valence-corrected chi connectivity index (χ0v) is 18.5. The van der Waals surface area contributed by atoms with Gasteiger partial charge < -0.3 is 14.8 Å². The molecule has 0 spiro atoms. The summed E-state index contributed by atoms with van der Waals surface area (Å²) < 4.78 is 5.03. The summed E-state index contributed by atoms with van der Waals surface area (Å²) >= 11 is 1.49. The Balaban J connectivity index is 1.95. The van der Waals surface area contributed by atoms with Crippen molar-refractivity contribution in [3.8, 4) is 11.1 Å². The molecule has 0 bridgehead atoms. The van der Waals surface area contributed by atoms with Crippen molar-refractivity contribution in [2.75, 3.05) is 20.3 Å². The molecule has 0 amide bonds. The first-order valence-corrected chi connectivity index (χ1v) is 10.7. The first kappa shape index (κ1) is 21.6. The van der Waals surface area contributed by atoms with Crippen LogP contribution in [0.4, 0.5) is 0 Å². The third-order valence-corrected chi connectivity index (χ3v) is 5.94. The lowest BCUT2D eigenvalue weighted by Crippen LogP contribution is -2.39. The lowest BCUT2D eigenvalue weighted by atomic mass is 9.99. The number of aromatic amines is 1. The van der Waals surface area contributed by atoms with Crippen LogP contribution in [0.2, 0.25) is 0 Å². The van der Waals surface area contributed by atoms with Crippen LogP contribution >= 0.6 is 11.3 Å². The molecule has 29 heavy (non-hydrogen) atoms.